The first-order valence-electron chi connectivity index (χ1n) is 11.0. The Hall–Kier alpha value is -3.55. The monoisotopic (exact) mass is 473 g/mol. The zero-order valence-electron chi connectivity index (χ0n) is 19.0. The minimum Gasteiger partial charge on any atom is -0.496 e. The predicted molar refractivity (Wildman–Crippen MR) is 136 cm³/mol. The molecule has 0 bridgehead atoms. The van der Waals surface area contributed by atoms with Gasteiger partial charge in [0.25, 0.3) is 0 Å². The second-order valence-electron chi connectivity index (χ2n) is 7.57. The molecule has 0 saturated heterocycles. The fourth-order valence-electron chi connectivity index (χ4n) is 3.50. The maximum absolute atomic E-state index is 10.5. The van der Waals surface area contributed by atoms with Gasteiger partial charge in [-0.3, -0.25) is 4.57 Å². The number of para-hydroxylation sites is 1. The summed E-state index contributed by atoms with van der Waals surface area (Å²) >= 11 is 1.43. The first-order valence-corrected chi connectivity index (χ1v) is 11.9. The molecule has 0 aliphatic carbocycles. The molecule has 34 heavy (non-hydrogen) atoms. The standard InChI is InChI=1S/C27H27N3O3S/c1-3-17-30-26(24-11-7-8-12-25(24)32-2)28-29-27(30)34-19-22(31)18-33-23-15-13-21(14-16-23)20-9-5-4-6-10-20/h3-16,22,31H,1,17-19H2,2H3. The number of methoxy groups -OCH3 is 1. The molecule has 0 aliphatic heterocycles. The number of aromatic nitrogens is 3. The fourth-order valence-corrected chi connectivity index (χ4v) is 4.36. The van der Waals surface area contributed by atoms with Crippen molar-refractivity contribution in [3.8, 4) is 34.0 Å². The lowest BCUT2D eigenvalue weighted by molar-refractivity contribution is 0.126. The third-order valence-corrected chi connectivity index (χ3v) is 6.30. The van der Waals surface area contributed by atoms with E-state index in [1.54, 1.807) is 13.2 Å². The summed E-state index contributed by atoms with van der Waals surface area (Å²) in [5.41, 5.74) is 3.13. The van der Waals surface area contributed by atoms with Crippen molar-refractivity contribution in [1.82, 2.24) is 14.8 Å². The van der Waals surface area contributed by atoms with Crippen LogP contribution in [0.15, 0.2) is 96.7 Å². The lowest BCUT2D eigenvalue weighted by Gasteiger charge is -2.13. The summed E-state index contributed by atoms with van der Waals surface area (Å²) in [5, 5.41) is 19.9. The van der Waals surface area contributed by atoms with Crippen molar-refractivity contribution in [2.24, 2.45) is 0 Å². The van der Waals surface area contributed by atoms with Crippen LogP contribution >= 0.6 is 11.8 Å². The van der Waals surface area contributed by atoms with E-state index >= 15 is 0 Å². The van der Waals surface area contributed by atoms with Crippen LogP contribution in [0.3, 0.4) is 0 Å². The third-order valence-electron chi connectivity index (χ3n) is 5.19. The van der Waals surface area contributed by atoms with E-state index in [0.29, 0.717) is 23.3 Å². The van der Waals surface area contributed by atoms with Gasteiger partial charge in [-0.15, -0.1) is 16.8 Å². The number of thioether (sulfide) groups is 1. The van der Waals surface area contributed by atoms with Gasteiger partial charge >= 0.3 is 0 Å². The first-order chi connectivity index (χ1) is 16.7. The van der Waals surface area contributed by atoms with Gasteiger partial charge in [0.15, 0.2) is 11.0 Å². The molecular formula is C27H27N3O3S. The van der Waals surface area contributed by atoms with Crippen LogP contribution in [-0.4, -0.2) is 45.4 Å². The smallest absolute Gasteiger partial charge is 0.191 e. The topological polar surface area (TPSA) is 69.4 Å². The Morgan fingerprint density at radius 1 is 0.971 bits per heavy atom. The van der Waals surface area contributed by atoms with Gasteiger partial charge in [0.1, 0.15) is 18.1 Å². The van der Waals surface area contributed by atoms with Crippen molar-refractivity contribution in [3.63, 3.8) is 0 Å². The van der Waals surface area contributed by atoms with Crippen molar-refractivity contribution in [3.05, 3.63) is 91.5 Å². The Morgan fingerprint density at radius 3 is 2.41 bits per heavy atom. The van der Waals surface area contributed by atoms with E-state index in [-0.39, 0.29) is 6.61 Å². The average Bonchev–Trinajstić information content (AvgIpc) is 3.29. The number of aliphatic hydroxyl groups excluding tert-OH is 1. The molecule has 0 spiro atoms. The van der Waals surface area contributed by atoms with Crippen LogP contribution in [0.5, 0.6) is 11.5 Å². The average molecular weight is 474 g/mol. The number of hydrogen-bond acceptors (Lipinski definition) is 6. The van der Waals surface area contributed by atoms with Gasteiger partial charge in [-0.25, -0.2) is 0 Å². The van der Waals surface area contributed by atoms with E-state index in [2.05, 4.69) is 28.9 Å². The van der Waals surface area contributed by atoms with E-state index in [1.807, 2.05) is 71.3 Å². The lowest BCUT2D eigenvalue weighted by Crippen LogP contribution is -2.20. The Bertz CT molecular complexity index is 1210. The molecule has 0 amide bonds. The van der Waals surface area contributed by atoms with Crippen LogP contribution in [0, 0.1) is 0 Å². The molecule has 0 radical (unpaired) electrons. The van der Waals surface area contributed by atoms with Crippen molar-refractivity contribution in [2.75, 3.05) is 19.5 Å². The van der Waals surface area contributed by atoms with E-state index in [0.717, 1.165) is 28.2 Å². The van der Waals surface area contributed by atoms with Crippen molar-refractivity contribution >= 4 is 11.8 Å². The van der Waals surface area contributed by atoms with Crippen LogP contribution < -0.4 is 9.47 Å². The molecule has 4 aromatic rings. The molecule has 1 heterocycles. The highest BCUT2D eigenvalue weighted by molar-refractivity contribution is 7.99. The van der Waals surface area contributed by atoms with Gasteiger partial charge < -0.3 is 14.6 Å². The molecular weight excluding hydrogens is 446 g/mol. The lowest BCUT2D eigenvalue weighted by atomic mass is 10.1. The summed E-state index contributed by atoms with van der Waals surface area (Å²) in [6, 6.07) is 25.7. The molecule has 0 fully saturated rings. The Kier molecular flexibility index (Phi) is 8.01. The van der Waals surface area contributed by atoms with Gasteiger partial charge in [-0.05, 0) is 35.4 Å². The minimum absolute atomic E-state index is 0.187. The molecule has 1 atom stereocenters. The largest absolute Gasteiger partial charge is 0.496 e. The quantitative estimate of drug-likeness (QED) is 0.234. The fraction of sp³-hybridized carbons (Fsp3) is 0.185. The normalized spacial score (nSPS) is 11.7. The number of rotatable bonds is 11. The summed E-state index contributed by atoms with van der Waals surface area (Å²) < 4.78 is 13.2. The van der Waals surface area contributed by atoms with Crippen LogP contribution in [0.2, 0.25) is 0 Å². The van der Waals surface area contributed by atoms with Crippen LogP contribution in [-0.2, 0) is 6.54 Å². The number of aliphatic hydroxyl groups is 1. The Labute approximate surface area is 203 Å². The highest BCUT2D eigenvalue weighted by Crippen LogP contribution is 2.31. The summed E-state index contributed by atoms with van der Waals surface area (Å²) in [5.74, 6) is 2.56. The summed E-state index contributed by atoms with van der Waals surface area (Å²) in [4.78, 5) is 0. The summed E-state index contributed by atoms with van der Waals surface area (Å²) in [6.07, 6.45) is 1.13. The zero-order chi connectivity index (χ0) is 23.8. The molecule has 6 nitrogen and oxygen atoms in total. The molecule has 0 saturated carbocycles. The molecule has 0 aliphatic rings. The molecule has 174 valence electrons. The highest BCUT2D eigenvalue weighted by atomic mass is 32.2. The minimum atomic E-state index is -0.664. The second kappa shape index (κ2) is 11.5. The van der Waals surface area contributed by atoms with Crippen molar-refractivity contribution in [2.45, 2.75) is 17.8 Å². The number of benzene rings is 3. The Balaban J connectivity index is 1.36. The molecule has 1 aromatic heterocycles. The van der Waals surface area contributed by atoms with Crippen molar-refractivity contribution in [1.29, 1.82) is 0 Å². The summed E-state index contributed by atoms with van der Waals surface area (Å²) in [7, 11) is 1.63. The maximum Gasteiger partial charge on any atom is 0.191 e. The molecule has 4 rings (SSSR count). The SMILES string of the molecule is C=CCn1c(SCC(O)COc2ccc(-c3ccccc3)cc2)nnc1-c1ccccc1OC. The molecule has 7 heteroatoms. The number of allylic oxidation sites excluding steroid dienone is 1. The second-order valence-corrected chi connectivity index (χ2v) is 8.56. The molecule has 1 unspecified atom stereocenters. The van der Waals surface area contributed by atoms with Gasteiger partial charge in [-0.1, -0.05) is 72.4 Å². The van der Waals surface area contributed by atoms with Gasteiger partial charge in [-0.2, -0.15) is 0 Å². The number of nitrogens with zero attached hydrogens (tertiary/aromatic N) is 3. The predicted octanol–water partition coefficient (Wildman–Crippen LogP) is 5.34. The van der Waals surface area contributed by atoms with Gasteiger partial charge in [0.2, 0.25) is 0 Å². The third kappa shape index (κ3) is 5.68. The zero-order valence-corrected chi connectivity index (χ0v) is 19.8. The number of hydrogen-bond donors (Lipinski definition) is 1. The van der Waals surface area contributed by atoms with E-state index in [1.165, 1.54) is 11.8 Å². The number of ether oxygens (including phenoxy) is 2. The van der Waals surface area contributed by atoms with Crippen LogP contribution in [0.1, 0.15) is 0 Å². The van der Waals surface area contributed by atoms with Gasteiger partial charge in [0, 0.05) is 12.3 Å². The molecule has 1 N–H and O–H groups in total. The van der Waals surface area contributed by atoms with E-state index in [9.17, 15) is 5.11 Å². The van der Waals surface area contributed by atoms with E-state index in [4.69, 9.17) is 9.47 Å². The van der Waals surface area contributed by atoms with Gasteiger partial charge in [0.05, 0.1) is 18.8 Å². The highest BCUT2D eigenvalue weighted by Gasteiger charge is 2.18. The van der Waals surface area contributed by atoms with Crippen LogP contribution in [0.4, 0.5) is 0 Å². The molecule has 3 aromatic carbocycles. The maximum atomic E-state index is 10.5. The van der Waals surface area contributed by atoms with Crippen LogP contribution in [0.25, 0.3) is 22.5 Å². The Morgan fingerprint density at radius 2 is 1.68 bits per heavy atom. The summed E-state index contributed by atoms with van der Waals surface area (Å²) in [6.45, 7) is 4.58. The van der Waals surface area contributed by atoms with Crippen molar-refractivity contribution < 1.29 is 14.6 Å². The first kappa shape index (κ1) is 23.6. The van der Waals surface area contributed by atoms with E-state index < -0.39 is 6.10 Å².